The number of aromatic nitrogens is 2. The van der Waals surface area contributed by atoms with Gasteiger partial charge >= 0.3 is 0 Å². The molecule has 0 saturated carbocycles. The van der Waals surface area contributed by atoms with Crippen molar-refractivity contribution in [2.75, 3.05) is 13.1 Å². The molecule has 1 aliphatic rings. The van der Waals surface area contributed by atoms with Crippen LogP contribution in [0.5, 0.6) is 5.95 Å². The summed E-state index contributed by atoms with van der Waals surface area (Å²) in [4.78, 5) is 0. The Balaban J connectivity index is 1.87. The topological polar surface area (TPSA) is 68.2 Å². The first-order valence-corrected chi connectivity index (χ1v) is 5.27. The third kappa shape index (κ3) is 2.45. The lowest BCUT2D eigenvalue weighted by atomic mass is 10.2. The standard InChI is InChI=1S/C9H16N4O2/c1-12-8(9(14)15-11-12)7-10-13-5-3-2-4-6-13/h10H,2-7H2,1H3. The Kier molecular flexibility index (Phi) is 3.17. The normalized spacial score (nSPS) is 18.2. The Bertz CT molecular complexity index is 300. The largest absolute Gasteiger partial charge is 0.539 e. The molecule has 1 aromatic rings. The third-order valence-corrected chi connectivity index (χ3v) is 2.70. The molecule has 0 spiro atoms. The van der Waals surface area contributed by atoms with Crippen molar-refractivity contribution in [2.45, 2.75) is 25.8 Å². The molecule has 2 heterocycles. The molecule has 1 aromatic heterocycles. The predicted octanol–water partition coefficient (Wildman–Crippen LogP) is -0.937. The van der Waals surface area contributed by atoms with Crippen LogP contribution in [-0.4, -0.2) is 23.4 Å². The second-order valence-electron chi connectivity index (χ2n) is 3.81. The molecule has 15 heavy (non-hydrogen) atoms. The van der Waals surface area contributed by atoms with Gasteiger partial charge in [-0.2, -0.15) is 0 Å². The summed E-state index contributed by atoms with van der Waals surface area (Å²) < 4.78 is 6.01. The maximum Gasteiger partial charge on any atom is 0.248 e. The van der Waals surface area contributed by atoms with E-state index in [1.807, 2.05) is 0 Å². The van der Waals surface area contributed by atoms with Gasteiger partial charge in [0.25, 0.3) is 0 Å². The average molecular weight is 212 g/mol. The van der Waals surface area contributed by atoms with Gasteiger partial charge in [0.15, 0.2) is 13.0 Å². The summed E-state index contributed by atoms with van der Waals surface area (Å²) >= 11 is 0. The van der Waals surface area contributed by atoms with Crippen molar-refractivity contribution in [2.24, 2.45) is 7.05 Å². The minimum absolute atomic E-state index is 0.359. The summed E-state index contributed by atoms with van der Waals surface area (Å²) in [5, 5.41) is 16.9. The Labute approximate surface area is 88.4 Å². The van der Waals surface area contributed by atoms with Gasteiger partial charge in [0.05, 0.1) is 11.8 Å². The Morgan fingerprint density at radius 1 is 1.47 bits per heavy atom. The fraction of sp³-hybridized carbons (Fsp3) is 0.778. The first-order valence-electron chi connectivity index (χ1n) is 5.27. The molecule has 1 fully saturated rings. The SMILES string of the molecule is C[n+]1noc([O-])c1CNN1CCCCC1. The highest BCUT2D eigenvalue weighted by atomic mass is 16.6. The maximum atomic E-state index is 11.2. The van der Waals surface area contributed by atoms with E-state index in [4.69, 9.17) is 0 Å². The van der Waals surface area contributed by atoms with E-state index in [9.17, 15) is 5.11 Å². The summed E-state index contributed by atoms with van der Waals surface area (Å²) in [6.07, 6.45) is 3.73. The lowest BCUT2D eigenvalue weighted by Gasteiger charge is -2.26. The van der Waals surface area contributed by atoms with Gasteiger partial charge in [-0.1, -0.05) is 11.1 Å². The molecule has 6 nitrogen and oxygen atoms in total. The lowest BCUT2D eigenvalue weighted by molar-refractivity contribution is -0.746. The number of hydrogen-bond acceptors (Lipinski definition) is 5. The number of hydrazine groups is 1. The van der Waals surface area contributed by atoms with Crippen LogP contribution in [0.15, 0.2) is 4.52 Å². The number of nitrogens with one attached hydrogen (secondary N) is 1. The van der Waals surface area contributed by atoms with Crippen molar-refractivity contribution in [3.63, 3.8) is 0 Å². The summed E-state index contributed by atoms with van der Waals surface area (Å²) in [5.74, 6) is -0.359. The summed E-state index contributed by atoms with van der Waals surface area (Å²) in [6.45, 7) is 2.57. The molecule has 0 atom stereocenters. The third-order valence-electron chi connectivity index (χ3n) is 2.70. The molecule has 0 aliphatic carbocycles. The smallest absolute Gasteiger partial charge is 0.248 e. The van der Waals surface area contributed by atoms with Gasteiger partial charge in [0.1, 0.15) is 0 Å². The van der Waals surface area contributed by atoms with Crippen LogP contribution in [-0.2, 0) is 13.6 Å². The fourth-order valence-electron chi connectivity index (χ4n) is 1.76. The van der Waals surface area contributed by atoms with Gasteiger partial charge in [-0.15, -0.1) is 0 Å². The first-order chi connectivity index (χ1) is 7.27. The van der Waals surface area contributed by atoms with Crippen LogP contribution in [0.1, 0.15) is 25.0 Å². The van der Waals surface area contributed by atoms with Crippen LogP contribution < -0.4 is 15.2 Å². The Hall–Kier alpha value is -1.14. The highest BCUT2D eigenvalue weighted by Gasteiger charge is 2.15. The molecule has 2 rings (SSSR count). The molecule has 0 radical (unpaired) electrons. The maximum absolute atomic E-state index is 11.2. The molecule has 1 aliphatic heterocycles. The van der Waals surface area contributed by atoms with E-state index in [0.717, 1.165) is 13.1 Å². The quantitative estimate of drug-likeness (QED) is 0.655. The number of rotatable bonds is 3. The van der Waals surface area contributed by atoms with Crippen LogP contribution in [0.3, 0.4) is 0 Å². The molecule has 6 heteroatoms. The van der Waals surface area contributed by atoms with Gasteiger partial charge in [0, 0.05) is 13.1 Å². The van der Waals surface area contributed by atoms with Gasteiger partial charge in [-0.3, -0.25) is 0 Å². The van der Waals surface area contributed by atoms with Gasteiger partial charge < -0.3 is 9.63 Å². The van der Waals surface area contributed by atoms with E-state index in [0.29, 0.717) is 12.2 Å². The molecule has 84 valence electrons. The number of piperidine rings is 1. The van der Waals surface area contributed by atoms with Crippen molar-refractivity contribution in [1.82, 2.24) is 15.7 Å². The monoisotopic (exact) mass is 212 g/mol. The lowest BCUT2D eigenvalue weighted by Crippen LogP contribution is -2.44. The first kappa shape index (κ1) is 10.4. The van der Waals surface area contributed by atoms with Crippen molar-refractivity contribution in [1.29, 1.82) is 0 Å². The predicted molar refractivity (Wildman–Crippen MR) is 49.4 cm³/mol. The van der Waals surface area contributed by atoms with E-state index in [1.54, 1.807) is 7.05 Å². The minimum Gasteiger partial charge on any atom is -0.539 e. The van der Waals surface area contributed by atoms with Crippen molar-refractivity contribution >= 4 is 0 Å². The van der Waals surface area contributed by atoms with Crippen LogP contribution in [0.2, 0.25) is 0 Å². The van der Waals surface area contributed by atoms with Gasteiger partial charge in [-0.05, 0) is 12.8 Å². The van der Waals surface area contributed by atoms with Crippen molar-refractivity contribution in [3.05, 3.63) is 5.69 Å². The summed E-state index contributed by atoms with van der Waals surface area (Å²) in [6, 6.07) is 0. The highest BCUT2D eigenvalue weighted by molar-refractivity contribution is 5.02. The van der Waals surface area contributed by atoms with E-state index in [-0.39, 0.29) is 5.95 Å². The highest BCUT2D eigenvalue weighted by Crippen LogP contribution is 2.08. The van der Waals surface area contributed by atoms with Crippen LogP contribution in [0, 0.1) is 0 Å². The van der Waals surface area contributed by atoms with Crippen LogP contribution >= 0.6 is 0 Å². The average Bonchev–Trinajstić information content (AvgIpc) is 2.58. The molecular weight excluding hydrogens is 196 g/mol. The molecule has 0 bridgehead atoms. The molecule has 0 amide bonds. The molecule has 1 saturated heterocycles. The fourth-order valence-corrected chi connectivity index (χ4v) is 1.76. The van der Waals surface area contributed by atoms with Crippen LogP contribution in [0.25, 0.3) is 0 Å². The van der Waals surface area contributed by atoms with Crippen LogP contribution in [0.4, 0.5) is 0 Å². The zero-order valence-electron chi connectivity index (χ0n) is 8.90. The molecule has 1 N–H and O–H groups in total. The number of nitrogens with zero attached hydrogens (tertiary/aromatic N) is 3. The Morgan fingerprint density at radius 2 is 2.20 bits per heavy atom. The van der Waals surface area contributed by atoms with Gasteiger partial charge in [-0.25, -0.2) is 10.4 Å². The number of aryl methyl sites for hydroxylation is 1. The zero-order valence-corrected chi connectivity index (χ0v) is 8.90. The Morgan fingerprint density at radius 3 is 2.80 bits per heavy atom. The molecular formula is C9H16N4O2. The molecule has 0 aromatic carbocycles. The summed E-state index contributed by atoms with van der Waals surface area (Å²) in [5.41, 5.74) is 3.77. The van der Waals surface area contributed by atoms with Gasteiger partial charge in [0.2, 0.25) is 5.69 Å². The number of hydrogen-bond donors (Lipinski definition) is 1. The zero-order chi connectivity index (χ0) is 10.7. The summed E-state index contributed by atoms with van der Waals surface area (Å²) in [7, 11) is 1.71. The van der Waals surface area contributed by atoms with E-state index in [2.05, 4.69) is 20.2 Å². The van der Waals surface area contributed by atoms with E-state index < -0.39 is 0 Å². The minimum atomic E-state index is -0.359. The second kappa shape index (κ2) is 4.59. The van der Waals surface area contributed by atoms with Crippen molar-refractivity contribution < 1.29 is 14.3 Å². The second-order valence-corrected chi connectivity index (χ2v) is 3.81. The van der Waals surface area contributed by atoms with E-state index in [1.165, 1.54) is 23.9 Å². The molecule has 0 unspecified atom stereocenters. The van der Waals surface area contributed by atoms with E-state index >= 15 is 0 Å². The van der Waals surface area contributed by atoms with Crippen molar-refractivity contribution in [3.8, 4) is 5.95 Å².